The van der Waals surface area contributed by atoms with E-state index in [0.717, 1.165) is 31.4 Å². The van der Waals surface area contributed by atoms with Crippen LogP contribution < -0.4 is 15.2 Å². The molecule has 2 fully saturated rings. The van der Waals surface area contributed by atoms with Gasteiger partial charge in [0.2, 0.25) is 5.91 Å². The molecule has 135 valence electrons. The lowest BCUT2D eigenvalue weighted by atomic mass is 10.2. The molecule has 0 spiro atoms. The molecule has 2 aromatic rings. The molecule has 1 aromatic carbocycles. The van der Waals surface area contributed by atoms with Crippen LogP contribution in [0.25, 0.3) is 0 Å². The number of nitrogens with zero attached hydrogens (tertiary/aromatic N) is 2. The number of piperazine rings is 1. The third kappa shape index (κ3) is 3.81. The van der Waals surface area contributed by atoms with Gasteiger partial charge in [-0.05, 0) is 25.1 Å². The summed E-state index contributed by atoms with van der Waals surface area (Å²) in [4.78, 5) is 19.2. The van der Waals surface area contributed by atoms with Crippen LogP contribution in [-0.2, 0) is 4.79 Å². The molecule has 26 heavy (non-hydrogen) atoms. The highest BCUT2D eigenvalue weighted by Gasteiger charge is 2.48. The number of carbonyl (C=O) groups excluding carboxylic acids is 1. The Kier molecular flexibility index (Phi) is 5.04. The maximum absolute atomic E-state index is 13.1. The largest absolute Gasteiger partial charge is 0.490 e. The Bertz CT molecular complexity index is 771. The number of aryl methyl sites for hydroxylation is 1. The van der Waals surface area contributed by atoms with Gasteiger partial charge < -0.3 is 15.0 Å². The van der Waals surface area contributed by atoms with Gasteiger partial charge in [-0.2, -0.15) is 0 Å². The Morgan fingerprint density at radius 3 is 3.12 bits per heavy atom. The molecule has 1 amide bonds. The van der Waals surface area contributed by atoms with Crippen molar-refractivity contribution in [3.05, 3.63) is 54.4 Å². The number of aromatic nitrogens is 1. The van der Waals surface area contributed by atoms with Crippen LogP contribution in [0.3, 0.4) is 0 Å². The van der Waals surface area contributed by atoms with Crippen LogP contribution in [0.5, 0.6) is 5.75 Å². The number of benzene rings is 1. The minimum atomic E-state index is -0.722. The summed E-state index contributed by atoms with van der Waals surface area (Å²) >= 11 is 0. The fourth-order valence-electron chi connectivity index (χ4n) is 3.59. The lowest BCUT2D eigenvalue weighted by Crippen LogP contribution is -2.56. The summed E-state index contributed by atoms with van der Waals surface area (Å²) in [5.74, 6) is 1.07. The van der Waals surface area contributed by atoms with Crippen LogP contribution >= 0.6 is 0 Å². The smallest absolute Gasteiger partial charge is 0.223 e. The average molecular weight is 367 g/mol. The molecule has 0 saturated carbocycles. The number of ether oxygens (including phenoxy) is 1. The van der Waals surface area contributed by atoms with Gasteiger partial charge in [0.1, 0.15) is 12.4 Å². The summed E-state index contributed by atoms with van der Waals surface area (Å²) in [6.45, 7) is 5.02. The highest BCUT2D eigenvalue weighted by Crippen LogP contribution is 2.39. The summed E-state index contributed by atoms with van der Waals surface area (Å²) in [7, 11) is -0.722. The van der Waals surface area contributed by atoms with Crippen molar-refractivity contribution in [1.29, 1.82) is 0 Å². The number of amides is 1. The van der Waals surface area contributed by atoms with Crippen LogP contribution in [0.1, 0.15) is 5.56 Å². The maximum atomic E-state index is 13.1. The molecule has 2 aliphatic rings. The molecular formula is C20H24N3O2Si. The van der Waals surface area contributed by atoms with Gasteiger partial charge in [0.15, 0.2) is 0 Å². The molecule has 0 bridgehead atoms. The summed E-state index contributed by atoms with van der Waals surface area (Å²) < 4.78 is 5.87. The van der Waals surface area contributed by atoms with Crippen molar-refractivity contribution in [1.82, 2.24) is 15.2 Å². The van der Waals surface area contributed by atoms with Gasteiger partial charge in [0, 0.05) is 31.4 Å². The highest BCUT2D eigenvalue weighted by molar-refractivity contribution is 6.87. The van der Waals surface area contributed by atoms with Gasteiger partial charge in [-0.3, -0.25) is 9.78 Å². The van der Waals surface area contributed by atoms with Gasteiger partial charge in [-0.15, -0.1) is 0 Å². The predicted octanol–water partition coefficient (Wildman–Crippen LogP) is 1.36. The van der Waals surface area contributed by atoms with Crippen molar-refractivity contribution in [2.75, 3.05) is 26.2 Å². The molecule has 0 aliphatic carbocycles. The Morgan fingerprint density at radius 2 is 2.31 bits per heavy atom. The monoisotopic (exact) mass is 366 g/mol. The molecule has 2 saturated heterocycles. The molecule has 5 nitrogen and oxygen atoms in total. The van der Waals surface area contributed by atoms with Gasteiger partial charge in [-0.1, -0.05) is 35.0 Å². The molecule has 1 radical (unpaired) electrons. The molecule has 1 aromatic heterocycles. The molecule has 3 heterocycles. The third-order valence-electron chi connectivity index (χ3n) is 5.08. The molecule has 2 unspecified atom stereocenters. The first-order valence-corrected chi connectivity index (χ1v) is 11.0. The lowest BCUT2D eigenvalue weighted by Gasteiger charge is -2.36. The summed E-state index contributed by atoms with van der Waals surface area (Å²) in [6, 6.07) is 13.6. The number of nitrogens with one attached hydrogen (secondary N) is 1. The first kappa shape index (κ1) is 17.2. The fourth-order valence-corrected chi connectivity index (χ4v) is 6.21. The first-order valence-electron chi connectivity index (χ1n) is 9.19. The molecule has 1 N–H and O–H groups in total. The average Bonchev–Trinajstić information content (AvgIpc) is 3.48. The van der Waals surface area contributed by atoms with E-state index in [0.29, 0.717) is 12.5 Å². The zero-order valence-corrected chi connectivity index (χ0v) is 16.0. The van der Waals surface area contributed by atoms with E-state index < -0.39 is 8.80 Å². The second kappa shape index (κ2) is 7.59. The number of rotatable bonds is 5. The van der Waals surface area contributed by atoms with Gasteiger partial charge in [-0.25, -0.2) is 0 Å². The SMILES string of the molecule is Cc1cccc([Si]2CC2C(=O)N2CCNCC2COc2cccnc2)c1. The minimum absolute atomic E-state index is 0.0813. The first-order chi connectivity index (χ1) is 12.7. The standard InChI is InChI=1S/C20H24N3O2Si/c1-15-4-2-6-18(10-15)26-14-19(26)20(24)23-9-8-22-11-16(23)13-25-17-5-3-7-21-12-17/h2-7,10,12,16,19,22H,8-9,11,13-14H2,1H3. The summed E-state index contributed by atoms with van der Waals surface area (Å²) in [6.07, 6.45) is 3.44. The minimum Gasteiger partial charge on any atom is -0.490 e. The summed E-state index contributed by atoms with van der Waals surface area (Å²) in [5.41, 5.74) is 1.50. The maximum Gasteiger partial charge on any atom is 0.223 e. The van der Waals surface area contributed by atoms with Crippen molar-refractivity contribution in [3.63, 3.8) is 0 Å². The molecule has 6 heteroatoms. The van der Waals surface area contributed by atoms with E-state index in [9.17, 15) is 4.79 Å². The van der Waals surface area contributed by atoms with E-state index in [1.54, 1.807) is 12.4 Å². The van der Waals surface area contributed by atoms with Crippen LogP contribution in [0, 0.1) is 6.92 Å². The third-order valence-corrected chi connectivity index (χ3v) is 7.75. The number of carbonyl (C=O) groups is 1. The van der Waals surface area contributed by atoms with Crippen molar-refractivity contribution in [2.24, 2.45) is 0 Å². The van der Waals surface area contributed by atoms with Crippen LogP contribution in [-0.4, -0.2) is 56.9 Å². The van der Waals surface area contributed by atoms with E-state index in [1.807, 2.05) is 17.0 Å². The van der Waals surface area contributed by atoms with Gasteiger partial charge >= 0.3 is 0 Å². The second-order valence-corrected chi connectivity index (χ2v) is 9.77. The van der Waals surface area contributed by atoms with Gasteiger partial charge in [0.25, 0.3) is 0 Å². The van der Waals surface area contributed by atoms with E-state index in [1.165, 1.54) is 10.8 Å². The Morgan fingerprint density at radius 1 is 1.38 bits per heavy atom. The molecule has 4 rings (SSSR count). The Labute approximate surface area is 156 Å². The second-order valence-electron chi connectivity index (χ2n) is 7.04. The number of pyridine rings is 1. The number of hydrogen-bond acceptors (Lipinski definition) is 4. The number of hydrogen-bond donors (Lipinski definition) is 1. The zero-order valence-electron chi connectivity index (χ0n) is 15.0. The molecule has 2 atom stereocenters. The Balaban J connectivity index is 1.39. The van der Waals surface area contributed by atoms with E-state index in [4.69, 9.17) is 4.74 Å². The van der Waals surface area contributed by atoms with Crippen molar-refractivity contribution >= 4 is 19.9 Å². The Hall–Kier alpha value is -2.18. The quantitative estimate of drug-likeness (QED) is 0.812. The van der Waals surface area contributed by atoms with Gasteiger partial charge in [0.05, 0.1) is 21.0 Å². The van der Waals surface area contributed by atoms with Crippen LogP contribution in [0.15, 0.2) is 48.8 Å². The topological polar surface area (TPSA) is 54.5 Å². The van der Waals surface area contributed by atoms with Crippen molar-refractivity contribution in [2.45, 2.75) is 24.6 Å². The van der Waals surface area contributed by atoms with E-state index >= 15 is 0 Å². The molecule has 2 aliphatic heterocycles. The lowest BCUT2D eigenvalue weighted by molar-refractivity contribution is -0.133. The zero-order chi connectivity index (χ0) is 17.9. The van der Waals surface area contributed by atoms with Crippen LogP contribution in [0.4, 0.5) is 0 Å². The molecular weight excluding hydrogens is 342 g/mol. The summed E-state index contributed by atoms with van der Waals surface area (Å²) in [5, 5.41) is 4.78. The predicted molar refractivity (Wildman–Crippen MR) is 103 cm³/mol. The van der Waals surface area contributed by atoms with E-state index in [2.05, 4.69) is 41.5 Å². The van der Waals surface area contributed by atoms with E-state index in [-0.39, 0.29) is 11.6 Å². The highest BCUT2D eigenvalue weighted by atomic mass is 28.3. The van der Waals surface area contributed by atoms with Crippen molar-refractivity contribution < 1.29 is 9.53 Å². The van der Waals surface area contributed by atoms with Crippen molar-refractivity contribution in [3.8, 4) is 5.75 Å². The fraction of sp³-hybridized carbons (Fsp3) is 0.400. The van der Waals surface area contributed by atoms with Crippen LogP contribution in [0.2, 0.25) is 11.6 Å². The normalized spacial score (nSPS) is 22.9.